The number of nitrogen functional groups attached to an aromatic ring is 1. The molecule has 2 aromatic heterocycles. The molecule has 34 heavy (non-hydrogen) atoms. The van der Waals surface area contributed by atoms with Crippen molar-refractivity contribution in [3.63, 3.8) is 0 Å². The molecule has 176 valence electrons. The Hall–Kier alpha value is -3.70. The monoisotopic (exact) mass is 472 g/mol. The number of allylic oxidation sites excluding steroid dienone is 2. The number of nitrogens with two attached hydrogens (primary N) is 1. The maximum absolute atomic E-state index is 12.6. The molecule has 0 spiro atoms. The van der Waals surface area contributed by atoms with Crippen molar-refractivity contribution in [1.82, 2.24) is 4.98 Å². The average Bonchev–Trinajstić information content (AvgIpc) is 3.28. The van der Waals surface area contributed by atoms with E-state index in [9.17, 15) is 4.79 Å². The van der Waals surface area contributed by atoms with Crippen LogP contribution in [0.25, 0.3) is 15.7 Å². The van der Waals surface area contributed by atoms with Crippen LogP contribution in [-0.4, -0.2) is 10.8 Å². The molecule has 0 aliphatic carbocycles. The quantitative estimate of drug-likeness (QED) is 0.134. The van der Waals surface area contributed by atoms with Crippen LogP contribution in [0.2, 0.25) is 0 Å². The average molecular weight is 473 g/mol. The van der Waals surface area contributed by atoms with E-state index in [0.717, 1.165) is 21.4 Å². The van der Waals surface area contributed by atoms with Gasteiger partial charge in [-0.15, -0.1) is 11.3 Å². The summed E-state index contributed by atoms with van der Waals surface area (Å²) < 4.78 is 6.30. The van der Waals surface area contributed by atoms with Gasteiger partial charge in [0.25, 0.3) is 0 Å². The number of nitrogens with zero attached hydrogens (tertiary/aromatic N) is 1. The molecule has 2 N–H and O–H groups in total. The van der Waals surface area contributed by atoms with Crippen molar-refractivity contribution >= 4 is 38.5 Å². The summed E-state index contributed by atoms with van der Waals surface area (Å²) in [4.78, 5) is 17.3. The molecule has 0 saturated heterocycles. The summed E-state index contributed by atoms with van der Waals surface area (Å²) in [6, 6.07) is 19.3. The van der Waals surface area contributed by atoms with Crippen LogP contribution < -0.4 is 5.73 Å². The Morgan fingerprint density at radius 3 is 2.44 bits per heavy atom. The van der Waals surface area contributed by atoms with E-state index in [1.807, 2.05) is 70.2 Å². The van der Waals surface area contributed by atoms with Crippen molar-refractivity contribution in [2.75, 3.05) is 5.73 Å². The minimum atomic E-state index is -0.0632. The van der Waals surface area contributed by atoms with E-state index in [2.05, 4.69) is 30.3 Å². The fourth-order valence-electron chi connectivity index (χ4n) is 3.01. The Morgan fingerprint density at radius 2 is 1.79 bits per heavy atom. The number of para-hydroxylation sites is 1. The maximum Gasteiger partial charge on any atom is 0.203 e. The van der Waals surface area contributed by atoms with E-state index < -0.39 is 0 Å². The summed E-state index contributed by atoms with van der Waals surface area (Å²) in [7, 11) is 0. The van der Waals surface area contributed by atoms with Crippen LogP contribution in [0, 0.1) is 6.92 Å². The van der Waals surface area contributed by atoms with Crippen LogP contribution in [0.4, 0.5) is 5.69 Å². The third-order valence-electron chi connectivity index (χ3n) is 4.66. The first-order valence-electron chi connectivity index (χ1n) is 11.1. The number of hydrogen-bond acceptors (Lipinski definition) is 5. The Kier molecular flexibility index (Phi) is 10.2. The van der Waals surface area contributed by atoms with Gasteiger partial charge in [-0.25, -0.2) is 0 Å². The van der Waals surface area contributed by atoms with E-state index >= 15 is 0 Å². The zero-order chi connectivity index (χ0) is 25.1. The molecule has 0 bridgehead atoms. The number of pyridine rings is 1. The van der Waals surface area contributed by atoms with Gasteiger partial charge in [0, 0.05) is 39.5 Å². The van der Waals surface area contributed by atoms with Crippen LogP contribution in [-0.2, 0) is 11.3 Å². The highest BCUT2D eigenvalue weighted by Gasteiger charge is 2.16. The van der Waals surface area contributed by atoms with Crippen molar-refractivity contribution in [3.8, 4) is 0 Å². The molecular formula is C29H32N2O2S. The van der Waals surface area contributed by atoms with E-state index in [1.54, 1.807) is 18.5 Å². The van der Waals surface area contributed by atoms with Crippen molar-refractivity contribution in [2.45, 2.75) is 34.3 Å². The normalized spacial score (nSPS) is 9.76. The number of thiophene rings is 1. The lowest BCUT2D eigenvalue weighted by atomic mass is 10.0. The summed E-state index contributed by atoms with van der Waals surface area (Å²) in [5, 5.41) is 1.09. The predicted molar refractivity (Wildman–Crippen MR) is 146 cm³/mol. The maximum atomic E-state index is 12.6. The van der Waals surface area contributed by atoms with Gasteiger partial charge in [-0.2, -0.15) is 0 Å². The van der Waals surface area contributed by atoms with Crippen molar-refractivity contribution in [3.05, 3.63) is 114 Å². The highest BCUT2D eigenvalue weighted by Crippen LogP contribution is 2.31. The summed E-state index contributed by atoms with van der Waals surface area (Å²) in [5.41, 5.74) is 9.90. The van der Waals surface area contributed by atoms with Crippen molar-refractivity contribution in [1.29, 1.82) is 0 Å². The molecule has 0 amide bonds. The molecule has 0 atom stereocenters. The predicted octanol–water partition coefficient (Wildman–Crippen LogP) is 7.85. The molecular weight excluding hydrogens is 440 g/mol. The van der Waals surface area contributed by atoms with Crippen LogP contribution in [0.3, 0.4) is 0 Å². The standard InChI is InChI=1S/C18H15NOS.C9H11NO.C2H6/c1-11-7-8-16-13(9-11)10-17(21-16)18(20)12(2)14-5-3-4-6-15(14)19;1-8(2)11-7-9-4-3-5-10-6-9;1-2/h3-10H,2,19H2,1H3;3-6H,1,7H2,2H3;1-2H3. The number of carbonyl (C=O) groups is 1. The Balaban J connectivity index is 0.000000266. The molecule has 4 nitrogen and oxygen atoms in total. The van der Waals surface area contributed by atoms with Gasteiger partial charge in [0.1, 0.15) is 6.61 Å². The number of aryl methyl sites for hydroxylation is 1. The third-order valence-corrected chi connectivity index (χ3v) is 5.78. The third kappa shape index (κ3) is 7.42. The van der Waals surface area contributed by atoms with Crippen LogP contribution in [0.5, 0.6) is 0 Å². The number of benzene rings is 2. The lowest BCUT2D eigenvalue weighted by Crippen LogP contribution is -2.02. The molecule has 2 heterocycles. The second-order valence-electron chi connectivity index (χ2n) is 7.40. The molecule has 0 saturated carbocycles. The van der Waals surface area contributed by atoms with E-state index in [4.69, 9.17) is 10.5 Å². The molecule has 2 aromatic carbocycles. The van der Waals surface area contributed by atoms with Gasteiger partial charge < -0.3 is 10.5 Å². The minimum Gasteiger partial charge on any atom is -0.494 e. The van der Waals surface area contributed by atoms with Gasteiger partial charge in [0.2, 0.25) is 5.78 Å². The zero-order valence-electron chi connectivity index (χ0n) is 20.3. The number of fused-ring (bicyclic) bond motifs is 1. The second-order valence-corrected chi connectivity index (χ2v) is 8.48. The number of ether oxygens (including phenoxy) is 1. The van der Waals surface area contributed by atoms with Gasteiger partial charge in [0.15, 0.2) is 0 Å². The highest BCUT2D eigenvalue weighted by atomic mass is 32.1. The van der Waals surface area contributed by atoms with Gasteiger partial charge in [0.05, 0.1) is 10.6 Å². The molecule has 4 rings (SSSR count). The fraction of sp³-hybridized carbons (Fsp3) is 0.172. The molecule has 4 aromatic rings. The SMILES string of the molecule is C=C(C(=O)c1cc2cc(C)ccc2s1)c1ccccc1N.C=C(C)OCc1cccnc1.CC. The Morgan fingerprint density at radius 1 is 1.06 bits per heavy atom. The number of ketones is 1. The van der Waals surface area contributed by atoms with Crippen LogP contribution in [0.15, 0.2) is 92.0 Å². The Bertz CT molecular complexity index is 1260. The molecule has 5 heteroatoms. The lowest BCUT2D eigenvalue weighted by molar-refractivity contribution is 0.106. The second kappa shape index (κ2) is 13.1. The topological polar surface area (TPSA) is 65.2 Å². The zero-order valence-corrected chi connectivity index (χ0v) is 21.1. The number of Topliss-reactive ketones (excluding diaryl/α,β-unsaturated/α-hetero) is 1. The smallest absolute Gasteiger partial charge is 0.203 e. The van der Waals surface area contributed by atoms with E-state index in [-0.39, 0.29) is 5.78 Å². The van der Waals surface area contributed by atoms with Gasteiger partial charge in [-0.1, -0.05) is 69.0 Å². The van der Waals surface area contributed by atoms with E-state index in [0.29, 0.717) is 28.3 Å². The first kappa shape index (κ1) is 26.6. The largest absolute Gasteiger partial charge is 0.494 e. The minimum absolute atomic E-state index is 0.0632. The molecule has 0 aliphatic heterocycles. The number of hydrogen-bond donors (Lipinski definition) is 1. The highest BCUT2D eigenvalue weighted by molar-refractivity contribution is 7.21. The first-order valence-corrected chi connectivity index (χ1v) is 11.9. The van der Waals surface area contributed by atoms with Crippen molar-refractivity contribution < 1.29 is 9.53 Å². The lowest BCUT2D eigenvalue weighted by Gasteiger charge is -2.06. The van der Waals surface area contributed by atoms with E-state index in [1.165, 1.54) is 16.9 Å². The fourth-order valence-corrected chi connectivity index (χ4v) is 4.02. The first-order chi connectivity index (χ1) is 16.3. The molecule has 0 aliphatic rings. The van der Waals surface area contributed by atoms with Crippen LogP contribution >= 0.6 is 11.3 Å². The number of rotatable bonds is 6. The van der Waals surface area contributed by atoms with Gasteiger partial charge >= 0.3 is 0 Å². The number of anilines is 1. The number of aromatic nitrogens is 1. The van der Waals surface area contributed by atoms with Crippen molar-refractivity contribution in [2.24, 2.45) is 0 Å². The number of carbonyl (C=O) groups excluding carboxylic acids is 1. The van der Waals surface area contributed by atoms with Gasteiger partial charge in [-0.05, 0) is 43.5 Å². The molecule has 0 radical (unpaired) electrons. The molecule has 0 fully saturated rings. The molecule has 0 unspecified atom stereocenters. The summed E-state index contributed by atoms with van der Waals surface area (Å²) >= 11 is 1.49. The summed E-state index contributed by atoms with van der Waals surface area (Å²) in [6.07, 6.45) is 3.52. The summed E-state index contributed by atoms with van der Waals surface area (Å²) in [5.74, 6) is 0.667. The Labute approximate surface area is 206 Å². The van der Waals surface area contributed by atoms with Gasteiger partial charge in [-0.3, -0.25) is 9.78 Å². The summed E-state index contributed by atoms with van der Waals surface area (Å²) in [6.45, 7) is 16.0. The van der Waals surface area contributed by atoms with Crippen LogP contribution in [0.1, 0.15) is 47.1 Å².